The Kier molecular flexibility index (Phi) is 2.42. The molecule has 1 aliphatic rings. The van der Waals surface area contributed by atoms with Gasteiger partial charge in [0, 0.05) is 40.4 Å². The van der Waals surface area contributed by atoms with Gasteiger partial charge in [-0.25, -0.2) is 0 Å². The van der Waals surface area contributed by atoms with E-state index in [1.165, 1.54) is 6.20 Å². The average molecular weight is 306 g/mol. The third-order valence-corrected chi connectivity index (χ3v) is 3.54. The van der Waals surface area contributed by atoms with E-state index in [1.807, 2.05) is 0 Å². The molecule has 0 fully saturated rings. The second-order valence-electron chi connectivity index (χ2n) is 3.94. The van der Waals surface area contributed by atoms with Crippen LogP contribution in [-0.2, 0) is 5.72 Å². The Labute approximate surface area is 111 Å². The SMILES string of the molecule is O=C1NC(O)(c2ccncc2Br)c2ccncc21. The minimum Gasteiger partial charge on any atom is -0.363 e. The van der Waals surface area contributed by atoms with Crippen LogP contribution in [0.15, 0.2) is 41.4 Å². The average Bonchev–Trinajstić information content (AvgIpc) is 2.64. The molecule has 0 radical (unpaired) electrons. The van der Waals surface area contributed by atoms with Crippen LogP contribution in [0, 0.1) is 0 Å². The molecule has 1 amide bonds. The minimum atomic E-state index is -1.54. The summed E-state index contributed by atoms with van der Waals surface area (Å²) in [5, 5.41) is 13.3. The maximum Gasteiger partial charge on any atom is 0.256 e. The summed E-state index contributed by atoms with van der Waals surface area (Å²) in [6.45, 7) is 0. The van der Waals surface area contributed by atoms with E-state index in [1.54, 1.807) is 30.7 Å². The quantitative estimate of drug-likeness (QED) is 0.829. The first-order valence-electron chi connectivity index (χ1n) is 5.22. The molecule has 0 bridgehead atoms. The number of nitrogens with one attached hydrogen (secondary N) is 1. The third-order valence-electron chi connectivity index (χ3n) is 2.91. The predicted octanol–water partition coefficient (Wildman–Crippen LogP) is 1.18. The van der Waals surface area contributed by atoms with E-state index in [4.69, 9.17) is 0 Å². The smallest absolute Gasteiger partial charge is 0.256 e. The standard InChI is InChI=1S/C12H8BrN3O2/c13-10-6-15-4-2-9(10)12(18)8-1-3-14-5-7(8)11(17)16-12/h1-6,18H,(H,16,17). The lowest BCUT2D eigenvalue weighted by atomic mass is 9.97. The van der Waals surface area contributed by atoms with Crippen molar-refractivity contribution in [1.82, 2.24) is 15.3 Å². The summed E-state index contributed by atoms with van der Waals surface area (Å²) in [6.07, 6.45) is 6.11. The Morgan fingerprint density at radius 3 is 2.56 bits per heavy atom. The first-order chi connectivity index (χ1) is 8.63. The lowest BCUT2D eigenvalue weighted by molar-refractivity contribution is 0.0470. The molecule has 0 saturated heterocycles. The van der Waals surface area contributed by atoms with Crippen LogP contribution in [0.5, 0.6) is 0 Å². The van der Waals surface area contributed by atoms with E-state index in [0.29, 0.717) is 21.2 Å². The summed E-state index contributed by atoms with van der Waals surface area (Å²) in [5.74, 6) is -0.343. The number of rotatable bonds is 1. The molecule has 2 N–H and O–H groups in total. The summed E-state index contributed by atoms with van der Waals surface area (Å²) < 4.78 is 0.623. The molecule has 0 aliphatic carbocycles. The number of pyridine rings is 2. The van der Waals surface area contributed by atoms with Crippen molar-refractivity contribution in [1.29, 1.82) is 0 Å². The van der Waals surface area contributed by atoms with Crippen molar-refractivity contribution in [2.45, 2.75) is 5.72 Å². The maximum atomic E-state index is 11.8. The van der Waals surface area contributed by atoms with Crippen LogP contribution >= 0.6 is 15.9 Å². The molecule has 5 nitrogen and oxygen atoms in total. The van der Waals surface area contributed by atoms with Crippen molar-refractivity contribution in [3.8, 4) is 0 Å². The lowest BCUT2D eigenvalue weighted by Gasteiger charge is -2.25. The number of hydrogen-bond acceptors (Lipinski definition) is 4. The molecule has 1 unspecified atom stereocenters. The van der Waals surface area contributed by atoms with Gasteiger partial charge < -0.3 is 10.4 Å². The van der Waals surface area contributed by atoms with Crippen LogP contribution in [0.4, 0.5) is 0 Å². The number of hydrogen-bond donors (Lipinski definition) is 2. The summed E-state index contributed by atoms with van der Waals surface area (Å²) in [6, 6.07) is 3.28. The Bertz CT molecular complexity index is 647. The number of halogens is 1. The number of aromatic nitrogens is 2. The maximum absolute atomic E-state index is 11.8. The van der Waals surface area contributed by atoms with Gasteiger partial charge in [0.2, 0.25) is 0 Å². The van der Waals surface area contributed by atoms with Crippen LogP contribution in [0.25, 0.3) is 0 Å². The van der Waals surface area contributed by atoms with Crippen molar-refractivity contribution in [2.75, 3.05) is 0 Å². The molecule has 0 aromatic carbocycles. The highest BCUT2D eigenvalue weighted by Crippen LogP contribution is 2.37. The molecule has 6 heteroatoms. The van der Waals surface area contributed by atoms with Gasteiger partial charge in [-0.1, -0.05) is 0 Å². The van der Waals surface area contributed by atoms with Crippen molar-refractivity contribution < 1.29 is 9.90 Å². The van der Waals surface area contributed by atoms with Gasteiger partial charge in [-0.15, -0.1) is 0 Å². The van der Waals surface area contributed by atoms with Gasteiger partial charge in [-0.3, -0.25) is 14.8 Å². The topological polar surface area (TPSA) is 75.1 Å². The van der Waals surface area contributed by atoms with Gasteiger partial charge in [-0.2, -0.15) is 0 Å². The molecular formula is C12H8BrN3O2. The minimum absolute atomic E-state index is 0.343. The van der Waals surface area contributed by atoms with Crippen LogP contribution < -0.4 is 5.32 Å². The molecular weight excluding hydrogens is 298 g/mol. The zero-order valence-electron chi connectivity index (χ0n) is 9.09. The highest BCUT2D eigenvalue weighted by molar-refractivity contribution is 9.10. The van der Waals surface area contributed by atoms with Gasteiger partial charge in [0.15, 0.2) is 5.72 Å². The molecule has 3 heterocycles. The fourth-order valence-corrected chi connectivity index (χ4v) is 2.61. The fraction of sp³-hybridized carbons (Fsp3) is 0.0833. The van der Waals surface area contributed by atoms with E-state index >= 15 is 0 Å². The number of fused-ring (bicyclic) bond motifs is 1. The zero-order valence-corrected chi connectivity index (χ0v) is 10.7. The van der Waals surface area contributed by atoms with Crippen molar-refractivity contribution >= 4 is 21.8 Å². The monoisotopic (exact) mass is 305 g/mol. The highest BCUT2D eigenvalue weighted by Gasteiger charge is 2.43. The predicted molar refractivity (Wildman–Crippen MR) is 66.6 cm³/mol. The number of amides is 1. The van der Waals surface area contributed by atoms with Gasteiger partial charge in [0.05, 0.1) is 5.56 Å². The largest absolute Gasteiger partial charge is 0.363 e. The first kappa shape index (κ1) is 11.3. The Hall–Kier alpha value is -1.79. The van der Waals surface area contributed by atoms with Crippen molar-refractivity contribution in [3.05, 3.63) is 58.1 Å². The zero-order chi connectivity index (χ0) is 12.8. The van der Waals surface area contributed by atoms with Crippen LogP contribution in [0.2, 0.25) is 0 Å². The van der Waals surface area contributed by atoms with Crippen LogP contribution in [0.3, 0.4) is 0 Å². The molecule has 3 rings (SSSR count). The summed E-state index contributed by atoms with van der Waals surface area (Å²) >= 11 is 3.32. The molecule has 18 heavy (non-hydrogen) atoms. The van der Waals surface area contributed by atoms with Crippen molar-refractivity contribution in [2.24, 2.45) is 0 Å². The third kappa shape index (κ3) is 1.46. The first-order valence-corrected chi connectivity index (χ1v) is 6.01. The van der Waals surface area contributed by atoms with Gasteiger partial charge in [0.25, 0.3) is 5.91 Å². The molecule has 1 atom stereocenters. The number of carbonyl (C=O) groups is 1. The Balaban J connectivity index is 2.25. The molecule has 0 spiro atoms. The number of aliphatic hydroxyl groups is 1. The molecule has 0 saturated carbocycles. The fourth-order valence-electron chi connectivity index (χ4n) is 2.07. The second-order valence-corrected chi connectivity index (χ2v) is 4.80. The van der Waals surface area contributed by atoms with Crippen molar-refractivity contribution in [3.63, 3.8) is 0 Å². The lowest BCUT2D eigenvalue weighted by Crippen LogP contribution is -2.40. The summed E-state index contributed by atoms with van der Waals surface area (Å²) in [4.78, 5) is 19.7. The second kappa shape index (κ2) is 3.86. The number of carbonyl (C=O) groups excluding carboxylic acids is 1. The molecule has 2 aromatic heterocycles. The molecule has 2 aromatic rings. The van der Waals surface area contributed by atoms with Gasteiger partial charge >= 0.3 is 0 Å². The van der Waals surface area contributed by atoms with Crippen LogP contribution in [0.1, 0.15) is 21.5 Å². The Morgan fingerprint density at radius 1 is 1.17 bits per heavy atom. The van der Waals surface area contributed by atoms with E-state index in [-0.39, 0.29) is 5.91 Å². The number of nitrogens with zero attached hydrogens (tertiary/aromatic N) is 2. The van der Waals surface area contributed by atoms with E-state index in [9.17, 15) is 9.90 Å². The van der Waals surface area contributed by atoms with E-state index in [0.717, 1.165) is 0 Å². The Morgan fingerprint density at radius 2 is 1.83 bits per heavy atom. The van der Waals surface area contributed by atoms with Gasteiger partial charge in [0.1, 0.15) is 0 Å². The summed E-state index contributed by atoms with van der Waals surface area (Å²) in [5.41, 5.74) is -0.133. The normalized spacial score (nSPS) is 21.6. The summed E-state index contributed by atoms with van der Waals surface area (Å²) in [7, 11) is 0. The van der Waals surface area contributed by atoms with E-state index < -0.39 is 5.72 Å². The van der Waals surface area contributed by atoms with E-state index in [2.05, 4.69) is 31.2 Å². The van der Waals surface area contributed by atoms with Gasteiger partial charge in [-0.05, 0) is 28.1 Å². The van der Waals surface area contributed by atoms with Crippen LogP contribution in [-0.4, -0.2) is 21.0 Å². The highest BCUT2D eigenvalue weighted by atomic mass is 79.9. The molecule has 90 valence electrons. The molecule has 1 aliphatic heterocycles.